The topological polar surface area (TPSA) is 12.5 Å². The van der Waals surface area contributed by atoms with Gasteiger partial charge < -0.3 is 9.64 Å². The maximum absolute atomic E-state index is 5.63. The summed E-state index contributed by atoms with van der Waals surface area (Å²) in [5.41, 5.74) is 0. The SMILES string of the molecule is CN1C[C@H]2CC[C@@H](C1)O2. The first-order chi connectivity index (χ1) is 4.34. The molecule has 0 spiro atoms. The zero-order chi connectivity index (χ0) is 6.27. The van der Waals surface area contributed by atoms with Crippen molar-refractivity contribution in [3.05, 3.63) is 0 Å². The van der Waals surface area contributed by atoms with Gasteiger partial charge in [-0.25, -0.2) is 0 Å². The molecule has 2 heterocycles. The van der Waals surface area contributed by atoms with E-state index in [0.29, 0.717) is 12.2 Å². The van der Waals surface area contributed by atoms with Crippen LogP contribution in [0.5, 0.6) is 0 Å². The molecule has 0 aliphatic carbocycles. The zero-order valence-corrected chi connectivity index (χ0v) is 5.84. The van der Waals surface area contributed by atoms with Gasteiger partial charge in [-0.15, -0.1) is 0 Å². The molecule has 0 saturated carbocycles. The predicted molar refractivity (Wildman–Crippen MR) is 35.4 cm³/mol. The van der Waals surface area contributed by atoms with Crippen molar-refractivity contribution in [2.75, 3.05) is 20.1 Å². The summed E-state index contributed by atoms with van der Waals surface area (Å²) in [6.07, 6.45) is 3.70. The van der Waals surface area contributed by atoms with Gasteiger partial charge in [-0.1, -0.05) is 0 Å². The lowest BCUT2D eigenvalue weighted by Gasteiger charge is -2.28. The van der Waals surface area contributed by atoms with Crippen molar-refractivity contribution < 1.29 is 4.74 Å². The minimum absolute atomic E-state index is 0.564. The molecule has 2 atom stereocenters. The average Bonchev–Trinajstić information content (AvgIpc) is 2.11. The normalized spacial score (nSPS) is 43.7. The van der Waals surface area contributed by atoms with Gasteiger partial charge in [0, 0.05) is 13.1 Å². The minimum Gasteiger partial charge on any atom is -0.372 e. The Hall–Kier alpha value is -0.0800. The van der Waals surface area contributed by atoms with Crippen molar-refractivity contribution in [2.45, 2.75) is 25.0 Å². The van der Waals surface area contributed by atoms with E-state index in [-0.39, 0.29) is 0 Å². The molecule has 2 heteroatoms. The fourth-order valence-electron chi connectivity index (χ4n) is 1.82. The first-order valence-electron chi connectivity index (χ1n) is 3.68. The van der Waals surface area contributed by atoms with Crippen LogP contribution in [0.2, 0.25) is 0 Å². The van der Waals surface area contributed by atoms with Gasteiger partial charge in [0.1, 0.15) is 0 Å². The van der Waals surface area contributed by atoms with Gasteiger partial charge in [0.05, 0.1) is 12.2 Å². The second-order valence-corrected chi connectivity index (χ2v) is 3.18. The largest absolute Gasteiger partial charge is 0.372 e. The molecular formula is C7H13NO. The van der Waals surface area contributed by atoms with E-state index in [9.17, 15) is 0 Å². The Morgan fingerprint density at radius 2 is 1.78 bits per heavy atom. The molecule has 2 aliphatic rings. The van der Waals surface area contributed by atoms with E-state index in [2.05, 4.69) is 11.9 Å². The fraction of sp³-hybridized carbons (Fsp3) is 1.00. The number of hydrogen-bond acceptors (Lipinski definition) is 2. The molecule has 2 saturated heterocycles. The van der Waals surface area contributed by atoms with Crippen LogP contribution >= 0.6 is 0 Å². The molecule has 2 bridgehead atoms. The number of likely N-dealkylation sites (tertiary alicyclic amines) is 1. The Morgan fingerprint density at radius 1 is 1.22 bits per heavy atom. The predicted octanol–water partition coefficient (Wildman–Crippen LogP) is 0.479. The Morgan fingerprint density at radius 3 is 2.33 bits per heavy atom. The van der Waals surface area contributed by atoms with Crippen LogP contribution in [0.4, 0.5) is 0 Å². The van der Waals surface area contributed by atoms with Crippen molar-refractivity contribution in [3.63, 3.8) is 0 Å². The molecule has 9 heavy (non-hydrogen) atoms. The molecule has 2 aliphatic heterocycles. The van der Waals surface area contributed by atoms with Crippen LogP contribution < -0.4 is 0 Å². The van der Waals surface area contributed by atoms with E-state index in [1.54, 1.807) is 0 Å². The molecule has 0 unspecified atom stereocenters. The van der Waals surface area contributed by atoms with E-state index >= 15 is 0 Å². The molecular weight excluding hydrogens is 114 g/mol. The number of nitrogens with zero attached hydrogens (tertiary/aromatic N) is 1. The standard InChI is InChI=1S/C7H13NO/c1-8-4-6-2-3-7(5-8)9-6/h6-7H,2-5H2,1H3/t6-,7+. The molecule has 0 aromatic heterocycles. The summed E-state index contributed by atoms with van der Waals surface area (Å²) >= 11 is 0. The highest BCUT2D eigenvalue weighted by molar-refractivity contribution is 4.82. The number of morpholine rings is 1. The molecule has 2 nitrogen and oxygen atoms in total. The summed E-state index contributed by atoms with van der Waals surface area (Å²) in [4.78, 5) is 2.37. The van der Waals surface area contributed by atoms with Crippen LogP contribution in [0.15, 0.2) is 0 Å². The molecule has 0 aromatic carbocycles. The van der Waals surface area contributed by atoms with Crippen molar-refractivity contribution in [1.82, 2.24) is 4.90 Å². The number of fused-ring (bicyclic) bond motifs is 2. The summed E-state index contributed by atoms with van der Waals surface area (Å²) in [6.45, 7) is 2.30. The molecule has 52 valence electrons. The highest BCUT2D eigenvalue weighted by Crippen LogP contribution is 2.24. The maximum Gasteiger partial charge on any atom is 0.0707 e. The molecule has 0 aromatic rings. The van der Waals surface area contributed by atoms with Gasteiger partial charge >= 0.3 is 0 Å². The van der Waals surface area contributed by atoms with Crippen LogP contribution in [-0.4, -0.2) is 37.2 Å². The van der Waals surface area contributed by atoms with E-state index in [1.165, 1.54) is 12.8 Å². The van der Waals surface area contributed by atoms with Crippen LogP contribution in [0.3, 0.4) is 0 Å². The summed E-state index contributed by atoms with van der Waals surface area (Å²) in [5, 5.41) is 0. The van der Waals surface area contributed by atoms with Crippen LogP contribution in [-0.2, 0) is 4.74 Å². The smallest absolute Gasteiger partial charge is 0.0707 e. The van der Waals surface area contributed by atoms with Crippen molar-refractivity contribution in [2.24, 2.45) is 0 Å². The monoisotopic (exact) mass is 127 g/mol. The summed E-state index contributed by atoms with van der Waals surface area (Å²) in [7, 11) is 2.17. The van der Waals surface area contributed by atoms with Gasteiger partial charge in [0.2, 0.25) is 0 Å². The maximum atomic E-state index is 5.63. The van der Waals surface area contributed by atoms with E-state index in [0.717, 1.165) is 13.1 Å². The lowest BCUT2D eigenvalue weighted by molar-refractivity contribution is -0.0293. The third-order valence-corrected chi connectivity index (χ3v) is 2.23. The molecule has 2 rings (SSSR count). The first kappa shape index (κ1) is 5.69. The number of likely N-dealkylation sites (N-methyl/N-ethyl adjacent to an activating group) is 1. The third kappa shape index (κ3) is 0.970. The summed E-state index contributed by atoms with van der Waals surface area (Å²) < 4.78 is 5.63. The van der Waals surface area contributed by atoms with Crippen molar-refractivity contribution in [1.29, 1.82) is 0 Å². The number of hydrogen-bond donors (Lipinski definition) is 0. The second kappa shape index (κ2) is 1.96. The summed E-state index contributed by atoms with van der Waals surface area (Å²) in [5.74, 6) is 0. The highest BCUT2D eigenvalue weighted by atomic mass is 16.5. The second-order valence-electron chi connectivity index (χ2n) is 3.18. The Balaban J connectivity index is 2.03. The van der Waals surface area contributed by atoms with Gasteiger partial charge in [-0.3, -0.25) is 0 Å². The zero-order valence-electron chi connectivity index (χ0n) is 5.84. The molecule has 0 amide bonds. The molecule has 0 radical (unpaired) electrons. The average molecular weight is 127 g/mol. The van der Waals surface area contributed by atoms with Gasteiger partial charge in [-0.05, 0) is 19.9 Å². The van der Waals surface area contributed by atoms with E-state index < -0.39 is 0 Å². The highest BCUT2D eigenvalue weighted by Gasteiger charge is 2.31. The van der Waals surface area contributed by atoms with Gasteiger partial charge in [0.25, 0.3) is 0 Å². The lowest BCUT2D eigenvalue weighted by atomic mass is 10.2. The minimum atomic E-state index is 0.564. The van der Waals surface area contributed by atoms with Crippen LogP contribution in [0.1, 0.15) is 12.8 Å². The fourth-order valence-corrected chi connectivity index (χ4v) is 1.82. The quantitative estimate of drug-likeness (QED) is 0.469. The Kier molecular flexibility index (Phi) is 1.24. The molecule has 2 fully saturated rings. The van der Waals surface area contributed by atoms with E-state index in [1.807, 2.05) is 0 Å². The Labute approximate surface area is 55.8 Å². The van der Waals surface area contributed by atoms with Crippen LogP contribution in [0.25, 0.3) is 0 Å². The summed E-state index contributed by atoms with van der Waals surface area (Å²) in [6, 6.07) is 0. The van der Waals surface area contributed by atoms with Crippen molar-refractivity contribution in [3.8, 4) is 0 Å². The molecule has 0 N–H and O–H groups in total. The Bertz CT molecular complexity index is 103. The van der Waals surface area contributed by atoms with E-state index in [4.69, 9.17) is 4.74 Å². The van der Waals surface area contributed by atoms with Gasteiger partial charge in [-0.2, -0.15) is 0 Å². The van der Waals surface area contributed by atoms with Crippen molar-refractivity contribution >= 4 is 0 Å². The van der Waals surface area contributed by atoms with Crippen LogP contribution in [0, 0.1) is 0 Å². The number of ether oxygens (including phenoxy) is 1. The first-order valence-corrected chi connectivity index (χ1v) is 3.68. The van der Waals surface area contributed by atoms with Gasteiger partial charge in [0.15, 0.2) is 0 Å². The lowest BCUT2D eigenvalue weighted by Crippen LogP contribution is -2.39. The number of rotatable bonds is 0. The third-order valence-electron chi connectivity index (χ3n) is 2.23.